The van der Waals surface area contributed by atoms with E-state index in [4.69, 9.17) is 32.7 Å². The van der Waals surface area contributed by atoms with Crippen LogP contribution in [0, 0.1) is 0 Å². The van der Waals surface area contributed by atoms with Gasteiger partial charge in [0.15, 0.2) is 23.0 Å². The minimum absolute atomic E-state index is 0.0371. The highest BCUT2D eigenvalue weighted by molar-refractivity contribution is 6.31. The fourth-order valence-corrected chi connectivity index (χ4v) is 1.86. The molecule has 0 atom stereocenters. The smallest absolute Gasteiger partial charge is 0.169 e. The van der Waals surface area contributed by atoms with Gasteiger partial charge in [-0.3, -0.25) is 0 Å². The van der Waals surface area contributed by atoms with E-state index in [9.17, 15) is 5.11 Å². The van der Waals surface area contributed by atoms with Crippen molar-refractivity contribution in [3.05, 3.63) is 46.4 Å². The molecule has 1 N–H and O–H groups in total. The van der Waals surface area contributed by atoms with Crippen molar-refractivity contribution < 1.29 is 14.6 Å². The van der Waals surface area contributed by atoms with Crippen LogP contribution >= 0.6 is 23.2 Å². The quantitative estimate of drug-likeness (QED) is 0.873. The summed E-state index contributed by atoms with van der Waals surface area (Å²) in [6.45, 7) is 2.35. The van der Waals surface area contributed by atoms with E-state index in [1.165, 1.54) is 6.07 Å². The molecule has 0 spiro atoms. The van der Waals surface area contributed by atoms with E-state index in [2.05, 4.69) is 0 Å². The Bertz CT molecular complexity index is 585. The molecule has 0 aromatic heterocycles. The maximum atomic E-state index is 9.75. The molecule has 0 radical (unpaired) electrons. The number of halogens is 2. The van der Waals surface area contributed by atoms with Crippen LogP contribution in [0.4, 0.5) is 0 Å². The molecule has 2 rings (SSSR count). The van der Waals surface area contributed by atoms with Gasteiger partial charge in [0, 0.05) is 22.2 Å². The SMILES string of the molecule is CCOc1cc(Cl)ccc1Oc1ccc(Cl)cc1O. The molecule has 2 aromatic carbocycles. The Morgan fingerprint density at radius 1 is 0.947 bits per heavy atom. The second kappa shape index (κ2) is 6.04. The lowest BCUT2D eigenvalue weighted by atomic mass is 10.3. The first-order valence-corrected chi connectivity index (χ1v) is 6.44. The number of benzene rings is 2. The van der Waals surface area contributed by atoms with Crippen molar-refractivity contribution in [2.24, 2.45) is 0 Å². The molecule has 0 aliphatic carbocycles. The Morgan fingerprint density at radius 2 is 1.58 bits per heavy atom. The van der Waals surface area contributed by atoms with Crippen LogP contribution in [0.5, 0.6) is 23.0 Å². The van der Waals surface area contributed by atoms with E-state index >= 15 is 0 Å². The lowest BCUT2D eigenvalue weighted by Gasteiger charge is -2.12. The fourth-order valence-electron chi connectivity index (χ4n) is 1.53. The van der Waals surface area contributed by atoms with Gasteiger partial charge in [0.2, 0.25) is 0 Å². The fraction of sp³-hybridized carbons (Fsp3) is 0.143. The van der Waals surface area contributed by atoms with Crippen molar-refractivity contribution in [2.75, 3.05) is 6.61 Å². The maximum Gasteiger partial charge on any atom is 0.169 e. The third-order valence-electron chi connectivity index (χ3n) is 2.35. The highest BCUT2D eigenvalue weighted by atomic mass is 35.5. The number of aromatic hydroxyl groups is 1. The Kier molecular flexibility index (Phi) is 4.40. The molecule has 3 nitrogen and oxygen atoms in total. The van der Waals surface area contributed by atoms with Gasteiger partial charge in [0.25, 0.3) is 0 Å². The van der Waals surface area contributed by atoms with E-state index in [0.29, 0.717) is 33.9 Å². The molecule has 0 unspecified atom stereocenters. The average Bonchev–Trinajstić information content (AvgIpc) is 2.36. The first-order valence-electron chi connectivity index (χ1n) is 5.69. The van der Waals surface area contributed by atoms with Crippen molar-refractivity contribution in [1.82, 2.24) is 0 Å². The Morgan fingerprint density at radius 3 is 2.21 bits per heavy atom. The summed E-state index contributed by atoms with van der Waals surface area (Å²) in [5, 5.41) is 10.7. The third kappa shape index (κ3) is 3.46. The summed E-state index contributed by atoms with van der Waals surface area (Å²) in [7, 11) is 0. The van der Waals surface area contributed by atoms with E-state index < -0.39 is 0 Å². The van der Waals surface area contributed by atoms with Gasteiger partial charge in [-0.15, -0.1) is 0 Å². The zero-order chi connectivity index (χ0) is 13.8. The van der Waals surface area contributed by atoms with Crippen molar-refractivity contribution in [3.8, 4) is 23.0 Å². The minimum atomic E-state index is -0.0371. The van der Waals surface area contributed by atoms with Crippen molar-refractivity contribution in [1.29, 1.82) is 0 Å². The first-order chi connectivity index (χ1) is 9.10. The number of hydrogen-bond acceptors (Lipinski definition) is 3. The molecule has 0 saturated carbocycles. The molecule has 0 heterocycles. The molecule has 0 fully saturated rings. The predicted octanol–water partition coefficient (Wildman–Crippen LogP) is 4.89. The Balaban J connectivity index is 2.32. The summed E-state index contributed by atoms with van der Waals surface area (Å²) >= 11 is 11.7. The molecule has 2 aromatic rings. The molecule has 0 amide bonds. The Hall–Kier alpha value is -1.58. The third-order valence-corrected chi connectivity index (χ3v) is 2.82. The van der Waals surface area contributed by atoms with E-state index in [1.54, 1.807) is 30.3 Å². The van der Waals surface area contributed by atoms with Crippen LogP contribution in [-0.4, -0.2) is 11.7 Å². The van der Waals surface area contributed by atoms with Crippen molar-refractivity contribution in [2.45, 2.75) is 6.92 Å². The summed E-state index contributed by atoms with van der Waals surface area (Å²) in [6.07, 6.45) is 0. The normalized spacial score (nSPS) is 10.3. The van der Waals surface area contributed by atoms with Crippen molar-refractivity contribution >= 4 is 23.2 Å². The first kappa shape index (κ1) is 13.8. The molecule has 100 valence electrons. The molecular formula is C14H12Cl2O3. The highest BCUT2D eigenvalue weighted by Gasteiger charge is 2.10. The maximum absolute atomic E-state index is 9.75. The van der Waals surface area contributed by atoms with Crippen LogP contribution in [0.15, 0.2) is 36.4 Å². The molecule has 19 heavy (non-hydrogen) atoms. The summed E-state index contributed by atoms with van der Waals surface area (Å²) in [5.41, 5.74) is 0. The van der Waals surface area contributed by atoms with E-state index in [1.807, 2.05) is 6.92 Å². The van der Waals surface area contributed by atoms with Gasteiger partial charge in [-0.25, -0.2) is 0 Å². The van der Waals surface area contributed by atoms with Gasteiger partial charge in [-0.1, -0.05) is 23.2 Å². The zero-order valence-electron chi connectivity index (χ0n) is 10.2. The number of phenolic OH excluding ortho intramolecular Hbond substituents is 1. The molecule has 0 aliphatic rings. The van der Waals surface area contributed by atoms with Gasteiger partial charge in [0.05, 0.1) is 6.61 Å². The van der Waals surface area contributed by atoms with Crippen LogP contribution in [-0.2, 0) is 0 Å². The Labute approximate surface area is 121 Å². The molecule has 0 aliphatic heterocycles. The van der Waals surface area contributed by atoms with Gasteiger partial charge >= 0.3 is 0 Å². The van der Waals surface area contributed by atoms with E-state index in [0.717, 1.165) is 0 Å². The lowest BCUT2D eigenvalue weighted by Crippen LogP contribution is -1.95. The average molecular weight is 299 g/mol. The number of hydrogen-bond donors (Lipinski definition) is 1. The number of ether oxygens (including phenoxy) is 2. The van der Waals surface area contributed by atoms with Gasteiger partial charge in [-0.05, 0) is 31.2 Å². The standard InChI is InChI=1S/C14H12Cl2O3/c1-2-18-14-8-10(16)4-6-13(14)19-12-5-3-9(15)7-11(12)17/h3-8,17H,2H2,1H3. The molecule has 0 saturated heterocycles. The molecular weight excluding hydrogens is 287 g/mol. The minimum Gasteiger partial charge on any atom is -0.504 e. The monoisotopic (exact) mass is 298 g/mol. The number of phenols is 1. The summed E-state index contributed by atoms with van der Waals surface area (Å²) in [4.78, 5) is 0. The largest absolute Gasteiger partial charge is 0.504 e. The van der Waals surface area contributed by atoms with E-state index in [-0.39, 0.29) is 5.75 Å². The second-order valence-corrected chi connectivity index (χ2v) is 4.61. The summed E-state index contributed by atoms with van der Waals surface area (Å²) in [5.74, 6) is 1.26. The topological polar surface area (TPSA) is 38.7 Å². The predicted molar refractivity (Wildman–Crippen MR) is 75.8 cm³/mol. The lowest BCUT2D eigenvalue weighted by molar-refractivity contribution is 0.318. The summed E-state index contributed by atoms with van der Waals surface area (Å²) in [6, 6.07) is 9.66. The number of rotatable bonds is 4. The second-order valence-electron chi connectivity index (χ2n) is 3.74. The van der Waals surface area contributed by atoms with Gasteiger partial charge in [0.1, 0.15) is 0 Å². The van der Waals surface area contributed by atoms with Crippen LogP contribution < -0.4 is 9.47 Å². The molecule has 0 bridgehead atoms. The van der Waals surface area contributed by atoms with Crippen LogP contribution in [0.2, 0.25) is 10.0 Å². The van der Waals surface area contributed by atoms with Crippen LogP contribution in [0.1, 0.15) is 6.92 Å². The zero-order valence-corrected chi connectivity index (χ0v) is 11.7. The van der Waals surface area contributed by atoms with Crippen LogP contribution in [0.3, 0.4) is 0 Å². The van der Waals surface area contributed by atoms with Gasteiger partial charge in [-0.2, -0.15) is 0 Å². The van der Waals surface area contributed by atoms with Gasteiger partial charge < -0.3 is 14.6 Å². The van der Waals surface area contributed by atoms with Crippen molar-refractivity contribution in [3.63, 3.8) is 0 Å². The highest BCUT2D eigenvalue weighted by Crippen LogP contribution is 2.38. The molecule has 5 heteroatoms. The summed E-state index contributed by atoms with van der Waals surface area (Å²) < 4.78 is 11.0. The van der Waals surface area contributed by atoms with Crippen LogP contribution in [0.25, 0.3) is 0 Å².